The number of fused-ring (bicyclic) bond motifs is 3. The van der Waals surface area contributed by atoms with E-state index in [-0.39, 0.29) is 23.9 Å². The van der Waals surface area contributed by atoms with E-state index in [2.05, 4.69) is 5.32 Å². The Labute approximate surface area is 208 Å². The Hall–Kier alpha value is -3.82. The summed E-state index contributed by atoms with van der Waals surface area (Å²) in [5, 5.41) is 2.78. The third-order valence-electron chi connectivity index (χ3n) is 7.18. The Morgan fingerprint density at radius 2 is 1.50 bits per heavy atom. The minimum Gasteiger partial charge on any atom is -0.326 e. The summed E-state index contributed by atoms with van der Waals surface area (Å²) >= 11 is 0. The molecule has 6 rings (SSSR count). The molecular formula is C27H23N3O5S. The molecular weight excluding hydrogens is 478 g/mol. The van der Waals surface area contributed by atoms with Crippen LogP contribution in [0.15, 0.2) is 71.6 Å². The van der Waals surface area contributed by atoms with Crippen molar-refractivity contribution in [3.05, 3.63) is 94.5 Å². The number of hydrogen-bond donors (Lipinski definition) is 1. The second-order valence-electron chi connectivity index (χ2n) is 9.21. The van der Waals surface area contributed by atoms with E-state index in [0.29, 0.717) is 36.1 Å². The molecule has 3 aromatic rings. The standard InChI is InChI=1S/C27H23N3O5S/c31-25-12-9-18-15-19(10-11-23(18)28-25)36(34,35)30-14-13-17-5-1-2-6-20(17)24(30)16-29-26(32)21-7-3-4-8-22(21)27(29)33/h1-8,10-11,15,24H,9,12-14,16H2,(H,28,31)/t24-/m0/s1. The number of anilines is 1. The van der Waals surface area contributed by atoms with Crippen molar-refractivity contribution in [2.45, 2.75) is 30.2 Å². The van der Waals surface area contributed by atoms with Gasteiger partial charge in [0.15, 0.2) is 0 Å². The van der Waals surface area contributed by atoms with Crippen molar-refractivity contribution in [3.8, 4) is 0 Å². The smallest absolute Gasteiger partial charge is 0.261 e. The lowest BCUT2D eigenvalue weighted by Gasteiger charge is -2.38. The fourth-order valence-corrected chi connectivity index (χ4v) is 6.99. The highest BCUT2D eigenvalue weighted by molar-refractivity contribution is 7.89. The van der Waals surface area contributed by atoms with Crippen molar-refractivity contribution in [3.63, 3.8) is 0 Å². The van der Waals surface area contributed by atoms with Gasteiger partial charge in [-0.25, -0.2) is 8.42 Å². The van der Waals surface area contributed by atoms with Crippen LogP contribution in [0.4, 0.5) is 5.69 Å². The van der Waals surface area contributed by atoms with Crippen LogP contribution in [0.5, 0.6) is 0 Å². The fourth-order valence-electron chi connectivity index (χ4n) is 5.34. The molecule has 0 spiro atoms. The lowest BCUT2D eigenvalue weighted by atomic mass is 9.94. The fraction of sp³-hybridized carbons (Fsp3) is 0.222. The molecule has 0 radical (unpaired) electrons. The zero-order valence-electron chi connectivity index (χ0n) is 19.3. The molecule has 0 unspecified atom stereocenters. The normalized spacial score (nSPS) is 19.5. The van der Waals surface area contributed by atoms with E-state index in [1.807, 2.05) is 24.3 Å². The number of hydrogen-bond acceptors (Lipinski definition) is 5. The van der Waals surface area contributed by atoms with Crippen LogP contribution in [-0.4, -0.2) is 48.4 Å². The summed E-state index contributed by atoms with van der Waals surface area (Å²) in [5.41, 5.74) is 3.84. The second-order valence-corrected chi connectivity index (χ2v) is 11.1. The van der Waals surface area contributed by atoms with E-state index in [0.717, 1.165) is 21.6 Å². The van der Waals surface area contributed by atoms with Crippen LogP contribution in [0, 0.1) is 0 Å². The molecule has 0 fully saturated rings. The molecule has 0 aromatic heterocycles. The Bertz CT molecular complexity index is 1510. The maximum Gasteiger partial charge on any atom is 0.261 e. The number of carbonyl (C=O) groups is 3. The van der Waals surface area contributed by atoms with E-state index >= 15 is 0 Å². The molecule has 9 heteroatoms. The zero-order chi connectivity index (χ0) is 25.0. The van der Waals surface area contributed by atoms with E-state index in [1.165, 1.54) is 10.4 Å². The molecule has 8 nitrogen and oxygen atoms in total. The average Bonchev–Trinajstić information content (AvgIpc) is 3.13. The van der Waals surface area contributed by atoms with Gasteiger partial charge in [0, 0.05) is 18.7 Å². The lowest BCUT2D eigenvalue weighted by Crippen LogP contribution is -2.46. The molecule has 3 amide bonds. The van der Waals surface area contributed by atoms with Crippen LogP contribution in [0.1, 0.15) is 49.9 Å². The summed E-state index contributed by atoms with van der Waals surface area (Å²) in [6.07, 6.45) is 1.29. The van der Waals surface area contributed by atoms with Crippen LogP contribution in [0.25, 0.3) is 0 Å². The lowest BCUT2D eigenvalue weighted by molar-refractivity contribution is -0.116. The highest BCUT2D eigenvalue weighted by atomic mass is 32.2. The predicted octanol–water partition coefficient (Wildman–Crippen LogP) is 3.16. The number of benzene rings is 3. The first-order chi connectivity index (χ1) is 17.3. The number of amides is 3. The maximum absolute atomic E-state index is 14.0. The van der Waals surface area contributed by atoms with Crippen molar-refractivity contribution in [1.29, 1.82) is 0 Å². The number of rotatable bonds is 4. The Morgan fingerprint density at radius 1 is 0.806 bits per heavy atom. The highest BCUT2D eigenvalue weighted by Crippen LogP contribution is 2.37. The molecule has 3 heterocycles. The van der Waals surface area contributed by atoms with Gasteiger partial charge >= 0.3 is 0 Å². The summed E-state index contributed by atoms with van der Waals surface area (Å²) in [6.45, 7) is 0.143. The van der Waals surface area contributed by atoms with E-state index in [1.54, 1.807) is 36.4 Å². The SMILES string of the molecule is O=C1CCc2cc(S(=O)(=O)N3CCc4ccccc4[C@@H]3CN3C(=O)c4ccccc4C3=O)ccc2N1. The molecule has 1 atom stereocenters. The van der Waals surface area contributed by atoms with Gasteiger partial charge in [-0.3, -0.25) is 19.3 Å². The molecule has 0 saturated heterocycles. The van der Waals surface area contributed by atoms with Crippen molar-refractivity contribution >= 4 is 33.4 Å². The molecule has 182 valence electrons. The van der Waals surface area contributed by atoms with Gasteiger partial charge in [-0.05, 0) is 59.9 Å². The van der Waals surface area contributed by atoms with Crippen molar-refractivity contribution in [2.24, 2.45) is 0 Å². The molecule has 0 saturated carbocycles. The number of carbonyl (C=O) groups excluding carboxylic acids is 3. The third kappa shape index (κ3) is 3.54. The topological polar surface area (TPSA) is 104 Å². The van der Waals surface area contributed by atoms with Crippen molar-refractivity contribution in [2.75, 3.05) is 18.4 Å². The van der Waals surface area contributed by atoms with Gasteiger partial charge in [-0.15, -0.1) is 0 Å². The molecule has 3 aliphatic heterocycles. The summed E-state index contributed by atoms with van der Waals surface area (Å²) in [6, 6.07) is 18.2. The maximum atomic E-state index is 14.0. The number of aryl methyl sites for hydroxylation is 1. The predicted molar refractivity (Wildman–Crippen MR) is 132 cm³/mol. The zero-order valence-corrected chi connectivity index (χ0v) is 20.1. The Balaban J connectivity index is 1.39. The van der Waals surface area contributed by atoms with Gasteiger partial charge < -0.3 is 5.32 Å². The van der Waals surface area contributed by atoms with Crippen LogP contribution >= 0.6 is 0 Å². The first-order valence-corrected chi connectivity index (χ1v) is 13.3. The number of nitrogens with zero attached hydrogens (tertiary/aromatic N) is 2. The van der Waals surface area contributed by atoms with E-state index in [9.17, 15) is 22.8 Å². The molecule has 3 aromatic carbocycles. The monoisotopic (exact) mass is 501 g/mol. The van der Waals surface area contributed by atoms with Crippen LogP contribution < -0.4 is 5.32 Å². The largest absolute Gasteiger partial charge is 0.326 e. The summed E-state index contributed by atoms with van der Waals surface area (Å²) in [5.74, 6) is -0.923. The van der Waals surface area contributed by atoms with E-state index < -0.39 is 27.9 Å². The number of imide groups is 1. The second kappa shape index (κ2) is 8.39. The Kier molecular flexibility index (Phi) is 5.27. The quantitative estimate of drug-likeness (QED) is 0.553. The van der Waals surface area contributed by atoms with Crippen LogP contribution in [0.2, 0.25) is 0 Å². The van der Waals surface area contributed by atoms with Gasteiger partial charge in [-0.2, -0.15) is 4.31 Å². The molecule has 1 N–H and O–H groups in total. The highest BCUT2D eigenvalue weighted by Gasteiger charge is 2.42. The summed E-state index contributed by atoms with van der Waals surface area (Å²) in [7, 11) is -3.97. The first kappa shape index (κ1) is 22.6. The molecule has 36 heavy (non-hydrogen) atoms. The minimum atomic E-state index is -3.97. The first-order valence-electron chi connectivity index (χ1n) is 11.8. The van der Waals surface area contributed by atoms with Gasteiger partial charge in [0.05, 0.1) is 28.6 Å². The summed E-state index contributed by atoms with van der Waals surface area (Å²) in [4.78, 5) is 39.2. The van der Waals surface area contributed by atoms with Gasteiger partial charge in [-0.1, -0.05) is 36.4 Å². The molecule has 0 bridgehead atoms. The van der Waals surface area contributed by atoms with Crippen LogP contribution in [0.3, 0.4) is 0 Å². The van der Waals surface area contributed by atoms with Crippen molar-refractivity contribution < 1.29 is 22.8 Å². The minimum absolute atomic E-state index is 0.0798. The van der Waals surface area contributed by atoms with Crippen molar-refractivity contribution in [1.82, 2.24) is 9.21 Å². The van der Waals surface area contributed by atoms with Crippen LogP contribution in [-0.2, 0) is 27.7 Å². The van der Waals surface area contributed by atoms with E-state index in [4.69, 9.17) is 0 Å². The third-order valence-corrected chi connectivity index (χ3v) is 9.08. The molecule has 0 aliphatic carbocycles. The summed E-state index contributed by atoms with van der Waals surface area (Å²) < 4.78 is 29.3. The van der Waals surface area contributed by atoms with Gasteiger partial charge in [0.1, 0.15) is 0 Å². The number of nitrogens with one attached hydrogen (secondary N) is 1. The number of sulfonamides is 1. The molecule has 3 aliphatic rings. The van der Waals surface area contributed by atoms with Gasteiger partial charge in [0.25, 0.3) is 11.8 Å². The Morgan fingerprint density at radius 3 is 2.25 bits per heavy atom. The van der Waals surface area contributed by atoms with Gasteiger partial charge in [0.2, 0.25) is 15.9 Å². The average molecular weight is 502 g/mol.